The average Bonchev–Trinajstić information content (AvgIpc) is 2.54. The van der Waals surface area contributed by atoms with Gasteiger partial charge in [0.2, 0.25) is 0 Å². The third-order valence-corrected chi connectivity index (χ3v) is 3.79. The zero-order valence-electron chi connectivity index (χ0n) is 13.0. The van der Waals surface area contributed by atoms with Crippen LogP contribution >= 0.6 is 0 Å². The molecule has 0 spiro atoms. The lowest BCUT2D eigenvalue weighted by molar-refractivity contribution is 0.660. The van der Waals surface area contributed by atoms with Crippen LogP contribution in [0.1, 0.15) is 42.9 Å². The van der Waals surface area contributed by atoms with E-state index in [4.69, 9.17) is 0 Å². The van der Waals surface area contributed by atoms with Crippen LogP contribution in [-0.2, 0) is 6.42 Å². The molecule has 2 aromatic rings. The molecule has 0 N–H and O–H groups in total. The maximum absolute atomic E-state index is 2.32. The second-order valence-electron chi connectivity index (χ2n) is 5.35. The first-order valence-electron chi connectivity index (χ1n) is 7.76. The summed E-state index contributed by atoms with van der Waals surface area (Å²) in [5, 5.41) is 0. The van der Waals surface area contributed by atoms with E-state index in [-0.39, 0.29) is 0 Å². The van der Waals surface area contributed by atoms with Crippen LogP contribution in [0, 0.1) is 0 Å². The number of hydrogen-bond acceptors (Lipinski definition) is 0. The Labute approximate surface area is 128 Å². The van der Waals surface area contributed by atoms with Crippen molar-refractivity contribution in [1.29, 1.82) is 0 Å². The molecule has 0 aliphatic rings. The minimum absolute atomic E-state index is 0.586. The van der Waals surface area contributed by atoms with E-state index >= 15 is 0 Å². The van der Waals surface area contributed by atoms with E-state index in [2.05, 4.69) is 79.7 Å². The molecule has 0 saturated carbocycles. The Hall–Kier alpha value is -2.08. The first-order valence-corrected chi connectivity index (χ1v) is 7.76. The Morgan fingerprint density at radius 1 is 0.952 bits per heavy atom. The molecule has 2 aromatic carbocycles. The molecule has 1 atom stereocenters. The summed E-state index contributed by atoms with van der Waals surface area (Å²) in [7, 11) is 0. The van der Waals surface area contributed by atoms with Crippen molar-refractivity contribution in [1.82, 2.24) is 0 Å². The van der Waals surface area contributed by atoms with Crippen LogP contribution in [0.5, 0.6) is 0 Å². The molecule has 1 unspecified atom stereocenters. The van der Waals surface area contributed by atoms with Gasteiger partial charge in [0.05, 0.1) is 0 Å². The van der Waals surface area contributed by atoms with Crippen molar-refractivity contribution in [3.8, 4) is 0 Å². The van der Waals surface area contributed by atoms with Crippen LogP contribution in [0.25, 0.3) is 6.08 Å². The lowest BCUT2D eigenvalue weighted by Gasteiger charge is -2.16. The minimum atomic E-state index is 0.586. The summed E-state index contributed by atoms with van der Waals surface area (Å²) >= 11 is 0. The summed E-state index contributed by atoms with van der Waals surface area (Å²) < 4.78 is 0. The lowest BCUT2D eigenvalue weighted by atomic mass is 9.89. The molecule has 0 amide bonds. The van der Waals surface area contributed by atoms with E-state index in [1.54, 1.807) is 0 Å². The zero-order chi connectivity index (χ0) is 14.9. The minimum Gasteiger partial charge on any atom is -0.0877 e. The summed E-state index contributed by atoms with van der Waals surface area (Å²) in [6, 6.07) is 19.7. The molecule has 0 radical (unpaired) electrons. The van der Waals surface area contributed by atoms with Crippen molar-refractivity contribution in [3.05, 3.63) is 89.5 Å². The fourth-order valence-corrected chi connectivity index (χ4v) is 2.59. The summed E-state index contributed by atoms with van der Waals surface area (Å²) in [5.41, 5.74) is 4.13. The van der Waals surface area contributed by atoms with Crippen LogP contribution < -0.4 is 0 Å². The smallest absolute Gasteiger partial charge is 0.0124 e. The SMILES string of the molecule is CC=CC=Cc1cccc(C(CC)Cc2ccccc2)c1. The van der Waals surface area contributed by atoms with Gasteiger partial charge in [0, 0.05) is 0 Å². The Balaban J connectivity index is 2.16. The third-order valence-electron chi connectivity index (χ3n) is 3.79. The van der Waals surface area contributed by atoms with Crippen molar-refractivity contribution in [2.75, 3.05) is 0 Å². The average molecular weight is 276 g/mol. The van der Waals surface area contributed by atoms with Gasteiger partial charge in [0.25, 0.3) is 0 Å². The first-order chi connectivity index (χ1) is 10.3. The molecule has 0 aliphatic carbocycles. The third kappa shape index (κ3) is 4.75. The molecule has 21 heavy (non-hydrogen) atoms. The van der Waals surface area contributed by atoms with Crippen LogP contribution in [0.4, 0.5) is 0 Å². The van der Waals surface area contributed by atoms with Crippen LogP contribution in [0.3, 0.4) is 0 Å². The van der Waals surface area contributed by atoms with Gasteiger partial charge < -0.3 is 0 Å². The van der Waals surface area contributed by atoms with Gasteiger partial charge in [-0.15, -0.1) is 0 Å². The summed E-state index contributed by atoms with van der Waals surface area (Å²) in [5.74, 6) is 0.586. The summed E-state index contributed by atoms with van der Waals surface area (Å²) in [4.78, 5) is 0. The normalized spacial score (nSPS) is 13.0. The number of allylic oxidation sites excluding steroid dienone is 3. The van der Waals surface area contributed by atoms with Gasteiger partial charge in [0.1, 0.15) is 0 Å². The van der Waals surface area contributed by atoms with E-state index in [1.807, 2.05) is 13.0 Å². The molecule has 0 aliphatic heterocycles. The molecule has 108 valence electrons. The van der Waals surface area contributed by atoms with E-state index in [1.165, 1.54) is 16.7 Å². The van der Waals surface area contributed by atoms with E-state index in [9.17, 15) is 0 Å². The van der Waals surface area contributed by atoms with Crippen LogP contribution in [-0.4, -0.2) is 0 Å². The van der Waals surface area contributed by atoms with Crippen LogP contribution in [0.2, 0.25) is 0 Å². The Morgan fingerprint density at radius 3 is 2.48 bits per heavy atom. The van der Waals surface area contributed by atoms with Crippen molar-refractivity contribution in [3.63, 3.8) is 0 Å². The molecule has 0 heterocycles. The summed E-state index contributed by atoms with van der Waals surface area (Å²) in [6.45, 7) is 4.31. The largest absolute Gasteiger partial charge is 0.0877 e. The highest BCUT2D eigenvalue weighted by Crippen LogP contribution is 2.25. The topological polar surface area (TPSA) is 0 Å². The predicted molar refractivity (Wildman–Crippen MR) is 93.5 cm³/mol. The van der Waals surface area contributed by atoms with E-state index in [0.29, 0.717) is 5.92 Å². The molecular formula is C21H24. The molecule has 0 aromatic heterocycles. The predicted octanol–water partition coefficient (Wildman–Crippen LogP) is 6.01. The lowest BCUT2D eigenvalue weighted by Crippen LogP contribution is -2.02. The second kappa shape index (κ2) is 8.26. The van der Waals surface area contributed by atoms with Gasteiger partial charge in [-0.2, -0.15) is 0 Å². The highest BCUT2D eigenvalue weighted by Gasteiger charge is 2.10. The number of rotatable bonds is 6. The zero-order valence-corrected chi connectivity index (χ0v) is 13.0. The van der Waals surface area contributed by atoms with Crippen molar-refractivity contribution in [2.45, 2.75) is 32.6 Å². The monoisotopic (exact) mass is 276 g/mol. The standard InChI is InChI=1S/C21H24/c1-3-5-7-11-19-14-10-15-21(17-19)20(4-2)16-18-12-8-6-9-13-18/h3,5-15,17,20H,4,16H2,1-2H3. The fourth-order valence-electron chi connectivity index (χ4n) is 2.59. The highest BCUT2D eigenvalue weighted by atomic mass is 14.1. The molecular weight excluding hydrogens is 252 g/mol. The van der Waals surface area contributed by atoms with Crippen molar-refractivity contribution >= 4 is 6.08 Å². The Morgan fingerprint density at radius 2 is 1.76 bits per heavy atom. The maximum atomic E-state index is 2.32. The van der Waals surface area contributed by atoms with E-state index < -0.39 is 0 Å². The summed E-state index contributed by atoms with van der Waals surface area (Å²) in [6.07, 6.45) is 10.6. The van der Waals surface area contributed by atoms with Crippen LogP contribution in [0.15, 0.2) is 72.8 Å². The Bertz CT molecular complexity index is 590. The van der Waals surface area contributed by atoms with Gasteiger partial charge >= 0.3 is 0 Å². The molecule has 0 heteroatoms. The van der Waals surface area contributed by atoms with E-state index in [0.717, 1.165) is 12.8 Å². The molecule has 0 fully saturated rings. The van der Waals surface area contributed by atoms with Crippen molar-refractivity contribution in [2.24, 2.45) is 0 Å². The first kappa shape index (κ1) is 15.3. The molecule has 0 bridgehead atoms. The second-order valence-corrected chi connectivity index (χ2v) is 5.35. The number of hydrogen-bond donors (Lipinski definition) is 0. The number of benzene rings is 2. The van der Waals surface area contributed by atoms with Gasteiger partial charge in [-0.3, -0.25) is 0 Å². The maximum Gasteiger partial charge on any atom is -0.0124 e. The quantitative estimate of drug-likeness (QED) is 0.566. The van der Waals surface area contributed by atoms with Gasteiger partial charge in [-0.05, 0) is 42.4 Å². The van der Waals surface area contributed by atoms with Gasteiger partial charge in [-0.1, -0.05) is 85.8 Å². The van der Waals surface area contributed by atoms with Crippen molar-refractivity contribution < 1.29 is 0 Å². The highest BCUT2D eigenvalue weighted by molar-refractivity contribution is 5.52. The Kier molecular flexibility index (Phi) is 6.02. The molecule has 0 saturated heterocycles. The molecule has 2 rings (SSSR count). The van der Waals surface area contributed by atoms with Gasteiger partial charge in [-0.25, -0.2) is 0 Å². The fraction of sp³-hybridized carbons (Fsp3) is 0.238. The van der Waals surface area contributed by atoms with Gasteiger partial charge in [0.15, 0.2) is 0 Å². The molecule has 0 nitrogen and oxygen atoms in total.